The number of nitrogens with zero attached hydrogens (tertiary/aromatic N) is 3. The van der Waals surface area contributed by atoms with Crippen molar-refractivity contribution in [3.8, 4) is 11.1 Å². The maximum absolute atomic E-state index is 13.3. The van der Waals surface area contributed by atoms with Crippen LogP contribution in [0.25, 0.3) is 11.1 Å². The standard InChI is InChI=1S/C26H28N4O5/c1-3-14-30(15-23(31)32)25(33)24(22-12-13-27-29(22)2)28-26(34)35-16-21-19-10-6-4-8-17(19)18-9-5-7-11-20(18)21/h4-13,21,24H,3,14-16H2,1-2H3,(H,28,34)(H,31,32). The van der Waals surface area contributed by atoms with Gasteiger partial charge in [-0.15, -0.1) is 0 Å². The topological polar surface area (TPSA) is 114 Å². The summed E-state index contributed by atoms with van der Waals surface area (Å²) in [5.41, 5.74) is 4.82. The van der Waals surface area contributed by atoms with Crippen molar-refractivity contribution < 1.29 is 24.2 Å². The summed E-state index contributed by atoms with van der Waals surface area (Å²) in [6.45, 7) is 1.72. The van der Waals surface area contributed by atoms with Gasteiger partial charge in [-0.05, 0) is 34.7 Å². The normalized spacial score (nSPS) is 13.0. The van der Waals surface area contributed by atoms with E-state index in [1.165, 1.54) is 15.8 Å². The van der Waals surface area contributed by atoms with Gasteiger partial charge in [-0.25, -0.2) is 4.79 Å². The Hall–Kier alpha value is -4.14. The minimum atomic E-state index is -1.14. The number of carbonyl (C=O) groups is 3. The van der Waals surface area contributed by atoms with E-state index in [1.807, 2.05) is 43.3 Å². The highest BCUT2D eigenvalue weighted by Gasteiger charge is 2.33. The van der Waals surface area contributed by atoms with Gasteiger partial charge in [0.25, 0.3) is 5.91 Å². The lowest BCUT2D eigenvalue weighted by Gasteiger charge is -2.26. The van der Waals surface area contributed by atoms with Crippen molar-refractivity contribution in [1.29, 1.82) is 0 Å². The van der Waals surface area contributed by atoms with Crippen LogP contribution in [0.3, 0.4) is 0 Å². The van der Waals surface area contributed by atoms with E-state index in [1.54, 1.807) is 13.1 Å². The molecular weight excluding hydrogens is 448 g/mol. The van der Waals surface area contributed by atoms with Gasteiger partial charge in [0.2, 0.25) is 0 Å². The Bertz CT molecular complexity index is 1190. The Morgan fingerprint density at radius 3 is 2.26 bits per heavy atom. The molecule has 0 radical (unpaired) electrons. The molecule has 1 aliphatic rings. The molecular formula is C26H28N4O5. The largest absolute Gasteiger partial charge is 0.480 e. The number of carbonyl (C=O) groups excluding carboxylic acids is 2. The number of hydrogen-bond donors (Lipinski definition) is 2. The van der Waals surface area contributed by atoms with Crippen LogP contribution >= 0.6 is 0 Å². The summed E-state index contributed by atoms with van der Waals surface area (Å²) in [6, 6.07) is 16.5. The molecule has 2 N–H and O–H groups in total. The van der Waals surface area contributed by atoms with Gasteiger partial charge in [0.1, 0.15) is 13.2 Å². The zero-order valence-electron chi connectivity index (χ0n) is 19.7. The first-order chi connectivity index (χ1) is 16.9. The molecule has 0 spiro atoms. The lowest BCUT2D eigenvalue weighted by atomic mass is 9.98. The average Bonchev–Trinajstić information content (AvgIpc) is 3.41. The van der Waals surface area contributed by atoms with Crippen molar-refractivity contribution in [2.45, 2.75) is 25.3 Å². The van der Waals surface area contributed by atoms with Gasteiger partial charge >= 0.3 is 12.1 Å². The summed E-state index contributed by atoms with van der Waals surface area (Å²) in [5.74, 6) is -1.79. The zero-order valence-corrected chi connectivity index (χ0v) is 19.7. The van der Waals surface area contributed by atoms with Crippen LogP contribution in [0.2, 0.25) is 0 Å². The smallest absolute Gasteiger partial charge is 0.408 e. The highest BCUT2D eigenvalue weighted by atomic mass is 16.5. The molecule has 0 saturated heterocycles. The molecule has 0 saturated carbocycles. The fraction of sp³-hybridized carbons (Fsp3) is 0.308. The van der Waals surface area contributed by atoms with Gasteiger partial charge in [0.05, 0.1) is 5.69 Å². The van der Waals surface area contributed by atoms with Crippen LogP contribution in [-0.4, -0.2) is 57.5 Å². The first kappa shape index (κ1) is 24.0. The van der Waals surface area contributed by atoms with E-state index in [-0.39, 0.29) is 19.1 Å². The SMILES string of the molecule is CCCN(CC(=O)O)C(=O)C(NC(=O)OCC1c2ccccc2-c2ccccc21)c1ccnn1C. The molecule has 1 unspecified atom stereocenters. The number of aryl methyl sites for hydroxylation is 1. The zero-order chi connectivity index (χ0) is 24.9. The molecule has 1 aliphatic carbocycles. The van der Waals surface area contributed by atoms with E-state index in [2.05, 4.69) is 22.5 Å². The van der Waals surface area contributed by atoms with Crippen molar-refractivity contribution in [1.82, 2.24) is 20.0 Å². The number of amides is 2. The van der Waals surface area contributed by atoms with Crippen molar-refractivity contribution in [2.75, 3.05) is 19.7 Å². The Morgan fingerprint density at radius 2 is 1.71 bits per heavy atom. The number of ether oxygens (including phenoxy) is 1. The second kappa shape index (κ2) is 10.4. The van der Waals surface area contributed by atoms with Gasteiger partial charge in [0, 0.05) is 25.7 Å². The van der Waals surface area contributed by atoms with Crippen LogP contribution < -0.4 is 5.32 Å². The summed E-state index contributed by atoms with van der Waals surface area (Å²) >= 11 is 0. The minimum Gasteiger partial charge on any atom is -0.480 e. The maximum atomic E-state index is 13.3. The molecule has 9 nitrogen and oxygen atoms in total. The van der Waals surface area contributed by atoms with Crippen molar-refractivity contribution >= 4 is 18.0 Å². The Balaban J connectivity index is 1.52. The summed E-state index contributed by atoms with van der Waals surface area (Å²) in [7, 11) is 1.65. The lowest BCUT2D eigenvalue weighted by Crippen LogP contribution is -2.46. The average molecular weight is 477 g/mol. The van der Waals surface area contributed by atoms with Crippen LogP contribution in [0.5, 0.6) is 0 Å². The minimum absolute atomic E-state index is 0.0972. The molecule has 2 aromatic carbocycles. The summed E-state index contributed by atoms with van der Waals surface area (Å²) < 4.78 is 7.08. The van der Waals surface area contributed by atoms with Crippen LogP contribution in [-0.2, 0) is 21.4 Å². The molecule has 182 valence electrons. The fourth-order valence-electron chi connectivity index (χ4n) is 4.57. The van der Waals surface area contributed by atoms with Crippen molar-refractivity contribution in [3.63, 3.8) is 0 Å². The molecule has 2 amide bonds. The molecule has 1 heterocycles. The molecule has 9 heteroatoms. The monoisotopic (exact) mass is 476 g/mol. The van der Waals surface area contributed by atoms with E-state index in [4.69, 9.17) is 4.74 Å². The van der Waals surface area contributed by atoms with Crippen molar-refractivity contribution in [2.24, 2.45) is 7.05 Å². The van der Waals surface area contributed by atoms with Gasteiger partial charge in [-0.3, -0.25) is 14.3 Å². The van der Waals surface area contributed by atoms with Gasteiger partial charge < -0.3 is 20.1 Å². The number of alkyl carbamates (subject to hydrolysis) is 1. The quantitative estimate of drug-likeness (QED) is 0.490. The highest BCUT2D eigenvalue weighted by molar-refractivity contribution is 5.89. The summed E-state index contributed by atoms with van der Waals surface area (Å²) in [5, 5.41) is 16.0. The third kappa shape index (κ3) is 5.03. The van der Waals surface area contributed by atoms with E-state index < -0.39 is 30.6 Å². The Kier molecular flexibility index (Phi) is 7.14. The number of aliphatic carboxylic acids is 1. The molecule has 1 aromatic heterocycles. The lowest BCUT2D eigenvalue weighted by molar-refractivity contribution is -0.145. The highest BCUT2D eigenvalue weighted by Crippen LogP contribution is 2.44. The third-order valence-electron chi connectivity index (χ3n) is 6.14. The number of rotatable bonds is 9. The van der Waals surface area contributed by atoms with Gasteiger partial charge in [0.15, 0.2) is 6.04 Å². The second-order valence-electron chi connectivity index (χ2n) is 8.44. The number of nitrogens with one attached hydrogen (secondary N) is 1. The Morgan fingerprint density at radius 1 is 1.09 bits per heavy atom. The summed E-state index contributed by atoms with van der Waals surface area (Å²) in [4.78, 5) is 38.7. The molecule has 35 heavy (non-hydrogen) atoms. The van der Waals surface area contributed by atoms with Crippen LogP contribution in [0.4, 0.5) is 4.79 Å². The molecule has 1 atom stereocenters. The predicted molar refractivity (Wildman–Crippen MR) is 129 cm³/mol. The van der Waals surface area contributed by atoms with Gasteiger partial charge in [-0.1, -0.05) is 55.5 Å². The number of benzene rings is 2. The predicted octanol–water partition coefficient (Wildman–Crippen LogP) is 3.32. The van der Waals surface area contributed by atoms with E-state index >= 15 is 0 Å². The van der Waals surface area contributed by atoms with E-state index in [0.29, 0.717) is 12.1 Å². The maximum Gasteiger partial charge on any atom is 0.408 e. The molecule has 4 rings (SSSR count). The first-order valence-electron chi connectivity index (χ1n) is 11.5. The van der Waals surface area contributed by atoms with Crippen LogP contribution in [0.15, 0.2) is 60.8 Å². The molecule has 3 aromatic rings. The van der Waals surface area contributed by atoms with Crippen LogP contribution in [0.1, 0.15) is 42.1 Å². The fourth-order valence-corrected chi connectivity index (χ4v) is 4.57. The number of carboxylic acid groups (broad SMARTS) is 1. The summed E-state index contributed by atoms with van der Waals surface area (Å²) in [6.07, 6.45) is 1.32. The third-order valence-corrected chi connectivity index (χ3v) is 6.14. The number of aromatic nitrogens is 2. The molecule has 0 fully saturated rings. The van der Waals surface area contributed by atoms with E-state index in [0.717, 1.165) is 22.3 Å². The number of fused-ring (bicyclic) bond motifs is 3. The van der Waals surface area contributed by atoms with Crippen molar-refractivity contribution in [3.05, 3.63) is 77.6 Å². The molecule has 0 bridgehead atoms. The first-order valence-corrected chi connectivity index (χ1v) is 11.5. The molecule has 0 aliphatic heterocycles. The number of carboxylic acids is 1. The number of hydrogen-bond acceptors (Lipinski definition) is 5. The second-order valence-corrected chi connectivity index (χ2v) is 8.44. The Labute approximate surface area is 203 Å². The van der Waals surface area contributed by atoms with Gasteiger partial charge in [-0.2, -0.15) is 5.10 Å². The van der Waals surface area contributed by atoms with Crippen LogP contribution in [0, 0.1) is 0 Å². The van der Waals surface area contributed by atoms with E-state index in [9.17, 15) is 19.5 Å².